The predicted molar refractivity (Wildman–Crippen MR) is 113 cm³/mol. The van der Waals surface area contributed by atoms with Gasteiger partial charge in [-0.25, -0.2) is 9.59 Å². The Balaban J connectivity index is 1.17. The summed E-state index contributed by atoms with van der Waals surface area (Å²) >= 11 is 0. The molecule has 4 amide bonds. The minimum Gasteiger partial charge on any atom is -0.450 e. The normalized spacial score (nSPS) is 14.7. The molecule has 2 aromatic carbocycles. The number of benzene rings is 2. The molecule has 0 unspecified atom stereocenters. The van der Waals surface area contributed by atoms with Gasteiger partial charge >= 0.3 is 12.2 Å². The van der Waals surface area contributed by atoms with Crippen LogP contribution in [0.1, 0.15) is 36.3 Å². The second kappa shape index (κ2) is 9.51. The fraction of sp³-hybridized carbons (Fsp3) is 0.304. The first-order valence-electron chi connectivity index (χ1n) is 10.4. The van der Waals surface area contributed by atoms with Gasteiger partial charge in [0.2, 0.25) is 0 Å². The van der Waals surface area contributed by atoms with Crippen LogP contribution in [0, 0.1) is 0 Å². The summed E-state index contributed by atoms with van der Waals surface area (Å²) in [4.78, 5) is 51.0. The van der Waals surface area contributed by atoms with Gasteiger partial charge in [0, 0.05) is 31.8 Å². The zero-order valence-corrected chi connectivity index (χ0v) is 17.3. The van der Waals surface area contributed by atoms with Crippen molar-refractivity contribution in [2.45, 2.75) is 25.2 Å². The van der Waals surface area contributed by atoms with Crippen molar-refractivity contribution < 1.29 is 28.8 Å². The zero-order chi connectivity index (χ0) is 22.5. The smallest absolute Gasteiger partial charge is 0.432 e. The number of amides is 4. The maximum atomic E-state index is 11.9. The largest absolute Gasteiger partial charge is 0.450 e. The molecule has 1 saturated heterocycles. The fourth-order valence-electron chi connectivity index (χ4n) is 3.99. The number of alkyl carbamates (subject to hydrolysis) is 1. The summed E-state index contributed by atoms with van der Waals surface area (Å²) in [5.74, 6) is -0.943. The van der Waals surface area contributed by atoms with E-state index in [2.05, 4.69) is 39.7 Å². The van der Waals surface area contributed by atoms with Crippen molar-refractivity contribution in [3.63, 3.8) is 0 Å². The third-order valence-electron chi connectivity index (χ3n) is 5.45. The first kappa shape index (κ1) is 21.4. The number of rotatable bonds is 7. The maximum absolute atomic E-state index is 11.9. The molecule has 1 heterocycles. The SMILES string of the molecule is O=C(NCCNC(=O)ON1C(=O)CCC1=O)OCCC1c2ccccc2-c2ccccc21. The van der Waals surface area contributed by atoms with Crippen LogP contribution in [0.25, 0.3) is 11.1 Å². The predicted octanol–water partition coefficient (Wildman–Crippen LogP) is 2.71. The lowest BCUT2D eigenvalue weighted by Gasteiger charge is -2.14. The van der Waals surface area contributed by atoms with Gasteiger partial charge < -0.3 is 20.2 Å². The maximum Gasteiger partial charge on any atom is 0.432 e. The molecular weight excluding hydrogens is 414 g/mol. The van der Waals surface area contributed by atoms with Gasteiger partial charge in [0.25, 0.3) is 11.8 Å². The van der Waals surface area contributed by atoms with Crippen LogP contribution in [0.3, 0.4) is 0 Å². The van der Waals surface area contributed by atoms with Crippen LogP contribution in [0.5, 0.6) is 0 Å². The third-order valence-corrected chi connectivity index (χ3v) is 5.45. The number of nitrogens with one attached hydrogen (secondary N) is 2. The summed E-state index contributed by atoms with van der Waals surface area (Å²) in [5.41, 5.74) is 4.89. The lowest BCUT2D eigenvalue weighted by atomic mass is 9.94. The molecule has 166 valence electrons. The lowest BCUT2D eigenvalue weighted by molar-refractivity contribution is -0.171. The van der Waals surface area contributed by atoms with E-state index in [-0.39, 0.29) is 38.5 Å². The second-order valence-corrected chi connectivity index (χ2v) is 7.47. The highest BCUT2D eigenvalue weighted by Gasteiger charge is 2.32. The van der Waals surface area contributed by atoms with Crippen LogP contribution in [0.4, 0.5) is 9.59 Å². The number of hydrogen-bond donors (Lipinski definition) is 2. The van der Waals surface area contributed by atoms with E-state index < -0.39 is 24.0 Å². The Morgan fingerprint density at radius 2 is 1.38 bits per heavy atom. The lowest BCUT2D eigenvalue weighted by Crippen LogP contribution is -2.40. The Kier molecular flexibility index (Phi) is 6.34. The summed E-state index contributed by atoms with van der Waals surface area (Å²) in [6.45, 7) is 0.395. The molecule has 0 saturated carbocycles. The minimum atomic E-state index is -0.942. The number of ether oxygens (including phenoxy) is 1. The number of hydroxylamine groups is 2. The molecule has 32 heavy (non-hydrogen) atoms. The van der Waals surface area contributed by atoms with Crippen molar-refractivity contribution in [1.82, 2.24) is 15.7 Å². The fourth-order valence-corrected chi connectivity index (χ4v) is 3.99. The molecule has 9 nitrogen and oxygen atoms in total. The van der Waals surface area contributed by atoms with Gasteiger partial charge in [0.15, 0.2) is 0 Å². The molecule has 4 rings (SSSR count). The topological polar surface area (TPSA) is 114 Å². The molecule has 0 atom stereocenters. The molecule has 1 aliphatic heterocycles. The molecule has 2 N–H and O–H groups in total. The summed E-state index contributed by atoms with van der Waals surface area (Å²) < 4.78 is 5.29. The van der Waals surface area contributed by atoms with Crippen molar-refractivity contribution in [3.8, 4) is 11.1 Å². The molecule has 1 aliphatic carbocycles. The molecule has 0 spiro atoms. The van der Waals surface area contributed by atoms with E-state index >= 15 is 0 Å². The van der Waals surface area contributed by atoms with Crippen molar-refractivity contribution >= 4 is 24.0 Å². The number of carbonyl (C=O) groups excluding carboxylic acids is 4. The average Bonchev–Trinajstić information content (AvgIpc) is 3.29. The highest BCUT2D eigenvalue weighted by Crippen LogP contribution is 2.45. The van der Waals surface area contributed by atoms with Crippen LogP contribution in [0.15, 0.2) is 48.5 Å². The Morgan fingerprint density at radius 1 is 0.844 bits per heavy atom. The van der Waals surface area contributed by atoms with Gasteiger partial charge in [-0.2, -0.15) is 0 Å². The van der Waals surface area contributed by atoms with Gasteiger partial charge in [-0.05, 0) is 28.7 Å². The summed E-state index contributed by atoms with van der Waals surface area (Å²) in [6, 6.07) is 16.5. The quantitative estimate of drug-likeness (QED) is 0.509. The van der Waals surface area contributed by atoms with Crippen LogP contribution in [0.2, 0.25) is 0 Å². The van der Waals surface area contributed by atoms with Crippen molar-refractivity contribution in [2.75, 3.05) is 19.7 Å². The first-order chi connectivity index (χ1) is 15.5. The molecule has 0 bridgehead atoms. The monoisotopic (exact) mass is 437 g/mol. The number of nitrogens with zero attached hydrogens (tertiary/aromatic N) is 1. The Hall–Kier alpha value is -3.88. The second-order valence-electron chi connectivity index (χ2n) is 7.47. The molecule has 0 aromatic heterocycles. The van der Waals surface area contributed by atoms with Crippen molar-refractivity contribution in [1.29, 1.82) is 0 Å². The molecule has 2 aromatic rings. The van der Waals surface area contributed by atoms with Crippen LogP contribution < -0.4 is 10.6 Å². The van der Waals surface area contributed by atoms with Crippen molar-refractivity contribution in [3.05, 3.63) is 59.7 Å². The Bertz CT molecular complexity index is 992. The Morgan fingerprint density at radius 3 is 1.97 bits per heavy atom. The van der Waals surface area contributed by atoms with E-state index in [1.165, 1.54) is 22.3 Å². The standard InChI is InChI=1S/C23H23N3O6/c27-20-9-10-21(28)26(20)32-23(30)25-13-12-24-22(29)31-14-11-19-17-7-3-1-5-15(17)16-6-2-4-8-18(16)19/h1-8,19H,9-14H2,(H,24,29)(H,25,30). The highest BCUT2D eigenvalue weighted by molar-refractivity contribution is 6.01. The van der Waals surface area contributed by atoms with Gasteiger partial charge in [-0.15, -0.1) is 5.06 Å². The summed E-state index contributed by atoms with van der Waals surface area (Å²) in [6.07, 6.45) is -0.828. The molecular formula is C23H23N3O6. The molecule has 2 aliphatic rings. The average molecular weight is 437 g/mol. The number of imide groups is 1. The molecule has 1 fully saturated rings. The van der Waals surface area contributed by atoms with E-state index in [4.69, 9.17) is 4.74 Å². The van der Waals surface area contributed by atoms with E-state index in [0.717, 1.165) is 0 Å². The van der Waals surface area contributed by atoms with E-state index in [9.17, 15) is 19.2 Å². The van der Waals surface area contributed by atoms with Crippen LogP contribution >= 0.6 is 0 Å². The highest BCUT2D eigenvalue weighted by atomic mass is 16.7. The van der Waals surface area contributed by atoms with E-state index in [0.29, 0.717) is 11.5 Å². The molecule has 0 radical (unpaired) electrons. The van der Waals surface area contributed by atoms with Crippen molar-refractivity contribution in [2.24, 2.45) is 0 Å². The molecule has 9 heteroatoms. The number of carbonyl (C=O) groups is 4. The van der Waals surface area contributed by atoms with E-state index in [1.54, 1.807) is 0 Å². The zero-order valence-electron chi connectivity index (χ0n) is 17.3. The van der Waals surface area contributed by atoms with Crippen LogP contribution in [-0.4, -0.2) is 48.8 Å². The number of hydrogen-bond acceptors (Lipinski definition) is 6. The Labute approximate surface area is 184 Å². The van der Waals surface area contributed by atoms with Gasteiger partial charge in [0.05, 0.1) is 6.61 Å². The minimum absolute atomic E-state index is 0.0253. The van der Waals surface area contributed by atoms with Gasteiger partial charge in [-0.3, -0.25) is 9.59 Å². The number of fused-ring (bicyclic) bond motifs is 3. The van der Waals surface area contributed by atoms with Gasteiger partial charge in [0.1, 0.15) is 0 Å². The first-order valence-corrected chi connectivity index (χ1v) is 10.4. The van der Waals surface area contributed by atoms with E-state index in [1.807, 2.05) is 24.3 Å². The van der Waals surface area contributed by atoms with Crippen LogP contribution in [-0.2, 0) is 19.2 Å². The van der Waals surface area contributed by atoms with Gasteiger partial charge in [-0.1, -0.05) is 48.5 Å². The third kappa shape index (κ3) is 4.56. The summed E-state index contributed by atoms with van der Waals surface area (Å²) in [5, 5.41) is 5.34. The summed E-state index contributed by atoms with van der Waals surface area (Å²) in [7, 11) is 0.